The van der Waals surface area contributed by atoms with Gasteiger partial charge in [0, 0.05) is 0 Å². The molecule has 0 aromatic rings. The summed E-state index contributed by atoms with van der Waals surface area (Å²) in [6.07, 6.45) is 1.62. The topological polar surface area (TPSA) is 108 Å². The monoisotopic (exact) mass is 247 g/mol. The van der Waals surface area contributed by atoms with Crippen molar-refractivity contribution in [3.63, 3.8) is 0 Å². The molecule has 0 spiro atoms. The number of halogens is 1. The van der Waals surface area contributed by atoms with Crippen LogP contribution in [0.25, 0.3) is 0 Å². The predicted molar refractivity (Wildman–Crippen MR) is 61.6 cm³/mol. The van der Waals surface area contributed by atoms with Gasteiger partial charge in [-0.1, -0.05) is 11.2 Å². The van der Waals surface area contributed by atoms with E-state index in [0.717, 1.165) is 0 Å². The normalized spacial score (nSPS) is 16.5. The average Bonchev–Trinajstić information content (AvgIpc) is 2.25. The molecule has 0 aliphatic heterocycles. The van der Waals surface area contributed by atoms with E-state index >= 15 is 0 Å². The van der Waals surface area contributed by atoms with Gasteiger partial charge in [-0.25, -0.2) is 4.39 Å². The number of nitrogens with zero attached hydrogens (tertiary/aromatic N) is 1. The van der Waals surface area contributed by atoms with E-state index < -0.39 is 17.3 Å². The first-order chi connectivity index (χ1) is 7.79. The van der Waals surface area contributed by atoms with E-state index in [9.17, 15) is 9.18 Å². The van der Waals surface area contributed by atoms with Gasteiger partial charge in [0.15, 0.2) is 0 Å². The molecule has 0 bridgehead atoms. The number of oxime groups is 1. The zero-order valence-corrected chi connectivity index (χ0v) is 9.90. The van der Waals surface area contributed by atoms with E-state index in [1.807, 2.05) is 0 Å². The van der Waals surface area contributed by atoms with Crippen molar-refractivity contribution in [2.75, 3.05) is 6.54 Å². The van der Waals surface area contributed by atoms with E-state index in [0.29, 0.717) is 0 Å². The lowest BCUT2D eigenvalue weighted by molar-refractivity contribution is -0.142. The molecule has 17 heavy (non-hydrogen) atoms. The Kier molecular flexibility index (Phi) is 6.19. The Morgan fingerprint density at radius 3 is 2.71 bits per heavy atom. The molecule has 0 rings (SSSR count). The Morgan fingerprint density at radius 2 is 2.24 bits per heavy atom. The summed E-state index contributed by atoms with van der Waals surface area (Å²) in [6.45, 7) is 2.75. The second-order valence-corrected chi connectivity index (χ2v) is 3.95. The number of hydrogen-bond acceptors (Lipinski definition) is 4. The van der Waals surface area contributed by atoms with Gasteiger partial charge in [-0.15, -0.1) is 0 Å². The molecule has 0 aromatic carbocycles. The summed E-state index contributed by atoms with van der Waals surface area (Å²) >= 11 is 0. The highest BCUT2D eigenvalue weighted by atomic mass is 19.1. The van der Waals surface area contributed by atoms with Gasteiger partial charge < -0.3 is 21.4 Å². The van der Waals surface area contributed by atoms with Crippen molar-refractivity contribution in [2.45, 2.75) is 32.2 Å². The number of allylic oxidation sites excluding steroid dienone is 1. The molecule has 0 unspecified atom stereocenters. The summed E-state index contributed by atoms with van der Waals surface area (Å²) < 4.78 is 13.1. The van der Waals surface area contributed by atoms with Crippen LogP contribution in [0, 0.1) is 0 Å². The molecular weight excluding hydrogens is 229 g/mol. The highest BCUT2D eigenvalue weighted by Gasteiger charge is 2.26. The lowest BCUT2D eigenvalue weighted by Crippen LogP contribution is -2.44. The molecule has 0 saturated carbocycles. The molecule has 7 heteroatoms. The van der Waals surface area contributed by atoms with E-state index in [-0.39, 0.29) is 25.2 Å². The highest BCUT2D eigenvalue weighted by molar-refractivity contribution is 5.79. The molecule has 0 aliphatic carbocycles. The minimum atomic E-state index is -1.35. The molecule has 0 amide bonds. The van der Waals surface area contributed by atoms with Gasteiger partial charge in [-0.2, -0.15) is 0 Å². The maximum atomic E-state index is 13.1. The van der Waals surface area contributed by atoms with Gasteiger partial charge in [-0.05, 0) is 26.7 Å². The second-order valence-electron chi connectivity index (χ2n) is 3.95. The van der Waals surface area contributed by atoms with Crippen molar-refractivity contribution in [3.05, 3.63) is 11.9 Å². The molecule has 1 atom stereocenters. The maximum Gasteiger partial charge on any atom is 0.323 e. The van der Waals surface area contributed by atoms with Gasteiger partial charge in [0.1, 0.15) is 17.2 Å². The third-order valence-electron chi connectivity index (χ3n) is 2.18. The molecule has 5 N–H and O–H groups in total. The summed E-state index contributed by atoms with van der Waals surface area (Å²) in [7, 11) is 0. The number of carboxylic acid groups (broad SMARTS) is 1. The van der Waals surface area contributed by atoms with Crippen LogP contribution in [0.3, 0.4) is 0 Å². The maximum absolute atomic E-state index is 13.1. The second kappa shape index (κ2) is 6.85. The van der Waals surface area contributed by atoms with E-state index in [4.69, 9.17) is 16.0 Å². The number of amidine groups is 1. The average molecular weight is 247 g/mol. The molecule has 0 heterocycles. The van der Waals surface area contributed by atoms with Gasteiger partial charge in [-0.3, -0.25) is 4.79 Å². The summed E-state index contributed by atoms with van der Waals surface area (Å²) in [5.41, 5.74) is 4.12. The number of aliphatic carboxylic acids is 1. The van der Waals surface area contributed by atoms with Crippen molar-refractivity contribution in [1.82, 2.24) is 5.32 Å². The smallest absolute Gasteiger partial charge is 0.323 e. The Bertz CT molecular complexity index is 327. The fourth-order valence-electron chi connectivity index (χ4n) is 0.955. The van der Waals surface area contributed by atoms with Crippen LogP contribution in [0.5, 0.6) is 0 Å². The summed E-state index contributed by atoms with van der Waals surface area (Å²) in [6, 6.07) is 0. The fraction of sp³-hybridized carbons (Fsp3) is 0.600. The van der Waals surface area contributed by atoms with E-state index in [2.05, 4.69) is 10.5 Å². The van der Waals surface area contributed by atoms with Crippen molar-refractivity contribution >= 4 is 11.8 Å². The number of carboxylic acids is 1. The van der Waals surface area contributed by atoms with Crippen LogP contribution in [0.1, 0.15) is 26.7 Å². The third kappa shape index (κ3) is 6.52. The minimum Gasteiger partial charge on any atom is -0.480 e. The first-order valence-electron chi connectivity index (χ1n) is 5.09. The van der Waals surface area contributed by atoms with Crippen LogP contribution < -0.4 is 11.1 Å². The summed E-state index contributed by atoms with van der Waals surface area (Å²) in [5.74, 6) is -1.38. The molecule has 0 saturated heterocycles. The van der Waals surface area contributed by atoms with Crippen LogP contribution in [0.15, 0.2) is 17.1 Å². The number of hydrogen-bond donors (Lipinski definition) is 4. The molecule has 0 fully saturated rings. The first kappa shape index (κ1) is 15.4. The van der Waals surface area contributed by atoms with Crippen LogP contribution in [-0.4, -0.2) is 34.2 Å². The fourth-order valence-corrected chi connectivity index (χ4v) is 0.955. The quantitative estimate of drug-likeness (QED) is 0.240. The Balaban J connectivity index is 4.05. The van der Waals surface area contributed by atoms with Crippen molar-refractivity contribution < 1.29 is 19.5 Å². The van der Waals surface area contributed by atoms with Gasteiger partial charge in [0.05, 0.1) is 6.54 Å². The number of nitrogens with one attached hydrogen (secondary N) is 1. The zero-order valence-electron chi connectivity index (χ0n) is 9.90. The lowest BCUT2D eigenvalue weighted by Gasteiger charge is -2.17. The van der Waals surface area contributed by atoms with Gasteiger partial charge >= 0.3 is 5.97 Å². The molecule has 98 valence electrons. The first-order valence-corrected chi connectivity index (χ1v) is 5.09. The minimum absolute atomic E-state index is 0.107. The standard InChI is InChI=1S/C10H18FN3O3/c1-7(14-17)13-6-8(11)4-3-5-10(2,12)9(15)16/h4,17H,3,5-6,12H2,1-2H3,(H,13,14)(H,15,16)/b8-4-/t10-/m0/s1. The number of rotatable bonds is 6. The van der Waals surface area contributed by atoms with Crippen LogP contribution >= 0.6 is 0 Å². The highest BCUT2D eigenvalue weighted by Crippen LogP contribution is 2.11. The molecule has 0 aliphatic rings. The lowest BCUT2D eigenvalue weighted by atomic mass is 9.97. The molecule has 0 radical (unpaired) electrons. The zero-order chi connectivity index (χ0) is 13.5. The number of carbonyl (C=O) groups is 1. The van der Waals surface area contributed by atoms with Gasteiger partial charge in [0.25, 0.3) is 0 Å². The number of nitrogens with two attached hydrogens (primary N) is 1. The van der Waals surface area contributed by atoms with Crippen molar-refractivity contribution in [1.29, 1.82) is 0 Å². The van der Waals surface area contributed by atoms with E-state index in [1.54, 1.807) is 0 Å². The Morgan fingerprint density at radius 1 is 1.65 bits per heavy atom. The van der Waals surface area contributed by atoms with Crippen molar-refractivity contribution in [2.24, 2.45) is 10.9 Å². The predicted octanol–water partition coefficient (Wildman–Crippen LogP) is 0.819. The molecule has 6 nitrogen and oxygen atoms in total. The summed E-state index contributed by atoms with van der Waals surface area (Å²) in [5, 5.41) is 22.3. The molecule has 0 aromatic heterocycles. The Hall–Kier alpha value is -1.63. The SMILES string of the molecule is CC(=NO)NC/C(F)=C/CC[C@](C)(N)C(=O)O. The molecular formula is C10H18FN3O3. The van der Waals surface area contributed by atoms with E-state index in [1.165, 1.54) is 19.9 Å². The third-order valence-corrected chi connectivity index (χ3v) is 2.18. The van der Waals surface area contributed by atoms with Crippen LogP contribution in [0.4, 0.5) is 4.39 Å². The van der Waals surface area contributed by atoms with Crippen LogP contribution in [0.2, 0.25) is 0 Å². The summed E-state index contributed by atoms with van der Waals surface area (Å²) in [4.78, 5) is 10.7. The Labute approximate surface area is 99.0 Å². The largest absolute Gasteiger partial charge is 0.480 e. The van der Waals surface area contributed by atoms with Gasteiger partial charge in [0.2, 0.25) is 0 Å². The van der Waals surface area contributed by atoms with Crippen molar-refractivity contribution in [3.8, 4) is 0 Å². The van der Waals surface area contributed by atoms with Crippen LogP contribution in [-0.2, 0) is 4.79 Å².